The second kappa shape index (κ2) is 12.6. The molecule has 2 aromatic carbocycles. The van der Waals surface area contributed by atoms with E-state index in [0.717, 1.165) is 22.6 Å². The minimum atomic E-state index is -0.193. The van der Waals surface area contributed by atoms with Crippen LogP contribution in [0.2, 0.25) is 0 Å². The predicted molar refractivity (Wildman–Crippen MR) is 84.5 cm³/mol. The number of benzene rings is 2. The number of methoxy groups -OCH3 is 2. The van der Waals surface area contributed by atoms with Crippen molar-refractivity contribution >= 4 is 0 Å². The van der Waals surface area contributed by atoms with E-state index in [1.807, 2.05) is 48.5 Å². The smallest absolute Gasteiger partial charge is 1.00 e. The zero-order valence-corrected chi connectivity index (χ0v) is 17.3. The third kappa shape index (κ3) is 6.27. The van der Waals surface area contributed by atoms with Crippen molar-refractivity contribution in [1.29, 1.82) is 0 Å². The summed E-state index contributed by atoms with van der Waals surface area (Å²) in [5.41, 5.74) is 14.5. The molecule has 4 nitrogen and oxygen atoms in total. The zero-order valence-electron chi connectivity index (χ0n) is 13.5. The molecule has 0 aliphatic heterocycles. The first-order valence-corrected chi connectivity index (χ1v) is 6.94. The van der Waals surface area contributed by atoms with Gasteiger partial charge >= 0.3 is 21.1 Å². The van der Waals surface area contributed by atoms with Crippen LogP contribution in [0, 0.1) is 0 Å². The fourth-order valence-corrected chi connectivity index (χ4v) is 2.47. The summed E-state index contributed by atoms with van der Waals surface area (Å²) in [6.45, 7) is 0. The molecule has 2 atom stereocenters. The topological polar surface area (TPSA) is 70.5 Å². The monoisotopic (exact) mass is 551 g/mol. The molecule has 0 bridgehead atoms. The fraction of sp³-hybridized carbons (Fsp3) is 0.294. The van der Waals surface area contributed by atoms with Crippen LogP contribution in [-0.4, -0.2) is 14.2 Å². The maximum absolute atomic E-state index is 6.30. The first-order chi connectivity index (χ1) is 10.2. The van der Waals surface area contributed by atoms with Crippen molar-refractivity contribution in [2.45, 2.75) is 18.5 Å². The number of nitrogens with two attached hydrogens (primary N) is 2. The van der Waals surface area contributed by atoms with Crippen LogP contribution in [0.1, 0.15) is 29.6 Å². The maximum Gasteiger partial charge on any atom is 2.00 e. The second-order valence-electron chi connectivity index (χ2n) is 4.93. The van der Waals surface area contributed by atoms with E-state index in [1.54, 1.807) is 14.2 Å². The van der Waals surface area contributed by atoms with Gasteiger partial charge in [0.2, 0.25) is 0 Å². The molecule has 0 radical (unpaired) electrons. The molecule has 0 amide bonds. The van der Waals surface area contributed by atoms with Crippen molar-refractivity contribution in [3.05, 3.63) is 59.7 Å². The van der Waals surface area contributed by atoms with Gasteiger partial charge in [0.15, 0.2) is 0 Å². The Labute approximate surface area is 170 Å². The Morgan fingerprint density at radius 1 is 0.750 bits per heavy atom. The molecule has 2 aromatic rings. The molecule has 4 N–H and O–H groups in total. The van der Waals surface area contributed by atoms with Crippen LogP contribution < -0.4 is 45.8 Å². The Bertz CT molecular complexity index is 551. The van der Waals surface area contributed by atoms with Crippen LogP contribution in [0.3, 0.4) is 0 Å². The molecular weight excluding hydrogens is 530 g/mol. The molecule has 2 unspecified atom stereocenters. The number of ether oxygens (including phenoxy) is 2. The third-order valence-corrected chi connectivity index (χ3v) is 3.58. The van der Waals surface area contributed by atoms with Gasteiger partial charge in [0.25, 0.3) is 0 Å². The molecule has 0 saturated heterocycles. The average molecular weight is 552 g/mol. The van der Waals surface area contributed by atoms with Gasteiger partial charge in [-0.1, -0.05) is 36.4 Å². The molecule has 0 fully saturated rings. The minimum Gasteiger partial charge on any atom is -1.00 e. The quantitative estimate of drug-likeness (QED) is 0.397. The SMILES string of the molecule is COc1ccccc1C(N)CC(N)c1ccccc1OC.[Cl-].[Cl-].[Pt+2]. The Balaban J connectivity index is 0. The van der Waals surface area contributed by atoms with Crippen molar-refractivity contribution in [1.82, 2.24) is 0 Å². The molecule has 0 saturated carbocycles. The van der Waals surface area contributed by atoms with Gasteiger partial charge in [0, 0.05) is 23.2 Å². The molecule has 0 aliphatic rings. The van der Waals surface area contributed by atoms with Crippen molar-refractivity contribution in [2.75, 3.05) is 14.2 Å². The van der Waals surface area contributed by atoms with Gasteiger partial charge in [-0.25, -0.2) is 0 Å². The van der Waals surface area contributed by atoms with Crippen LogP contribution in [0.25, 0.3) is 0 Å². The van der Waals surface area contributed by atoms with Crippen LogP contribution in [-0.2, 0) is 21.1 Å². The summed E-state index contributed by atoms with van der Waals surface area (Å²) in [6.07, 6.45) is 0.612. The summed E-state index contributed by atoms with van der Waals surface area (Å²) in [5.74, 6) is 1.58. The predicted octanol–water partition coefficient (Wildman–Crippen LogP) is -3.20. The number of hydrogen-bond donors (Lipinski definition) is 2. The number of halogens is 2. The van der Waals surface area contributed by atoms with E-state index in [9.17, 15) is 0 Å². The third-order valence-electron chi connectivity index (χ3n) is 3.58. The summed E-state index contributed by atoms with van der Waals surface area (Å²) in [7, 11) is 3.29. The Hall–Kier alpha value is -0.772. The van der Waals surface area contributed by atoms with Gasteiger partial charge in [-0.05, 0) is 18.6 Å². The molecule has 24 heavy (non-hydrogen) atoms. The standard InChI is InChI=1S/C17H22N2O2.2ClH.Pt/c1-20-16-9-5-3-7-12(16)14(18)11-15(19)13-8-4-6-10-17(13)21-2;;;/h3-10,14-15H,11,18-19H2,1-2H3;2*1H;/q;;;+2/p-2. The molecule has 0 aliphatic carbocycles. The minimum absolute atomic E-state index is 0. The van der Waals surface area contributed by atoms with Crippen LogP contribution in [0.4, 0.5) is 0 Å². The summed E-state index contributed by atoms with van der Waals surface area (Å²) >= 11 is 0. The maximum atomic E-state index is 6.30. The van der Waals surface area contributed by atoms with Gasteiger partial charge in [0.05, 0.1) is 14.2 Å². The summed E-state index contributed by atoms with van der Waals surface area (Å²) < 4.78 is 10.7. The zero-order chi connectivity index (χ0) is 15.2. The largest absolute Gasteiger partial charge is 2.00 e. The van der Waals surface area contributed by atoms with Crippen molar-refractivity contribution in [3.8, 4) is 11.5 Å². The first-order valence-electron chi connectivity index (χ1n) is 6.94. The summed E-state index contributed by atoms with van der Waals surface area (Å²) in [6, 6.07) is 15.1. The van der Waals surface area contributed by atoms with E-state index in [4.69, 9.17) is 20.9 Å². The van der Waals surface area contributed by atoms with Gasteiger partial charge in [-0.2, -0.15) is 0 Å². The number of para-hydroxylation sites is 2. The molecule has 136 valence electrons. The molecular formula is C17H22Cl2N2O2Pt. The van der Waals surface area contributed by atoms with Crippen LogP contribution in [0.15, 0.2) is 48.5 Å². The number of rotatable bonds is 6. The second-order valence-corrected chi connectivity index (χ2v) is 4.93. The van der Waals surface area contributed by atoms with Crippen molar-refractivity contribution in [3.63, 3.8) is 0 Å². The van der Waals surface area contributed by atoms with Gasteiger partial charge < -0.3 is 45.8 Å². The molecule has 0 aromatic heterocycles. The number of hydrogen-bond acceptors (Lipinski definition) is 4. The van der Waals surface area contributed by atoms with E-state index in [2.05, 4.69) is 0 Å². The van der Waals surface area contributed by atoms with Crippen molar-refractivity contribution in [2.24, 2.45) is 11.5 Å². The first kappa shape index (κ1) is 25.5. The van der Waals surface area contributed by atoms with Gasteiger partial charge in [0.1, 0.15) is 11.5 Å². The van der Waals surface area contributed by atoms with E-state index in [1.165, 1.54) is 0 Å². The molecule has 2 rings (SSSR count). The van der Waals surface area contributed by atoms with Crippen LogP contribution in [0.5, 0.6) is 11.5 Å². The Morgan fingerprint density at radius 2 is 1.08 bits per heavy atom. The molecule has 7 heteroatoms. The molecule has 0 heterocycles. The van der Waals surface area contributed by atoms with Crippen molar-refractivity contribution < 1.29 is 55.4 Å². The Morgan fingerprint density at radius 3 is 1.42 bits per heavy atom. The normalized spacial score (nSPS) is 11.8. The van der Waals surface area contributed by atoms with Gasteiger partial charge in [-0.3, -0.25) is 0 Å². The average Bonchev–Trinajstić information content (AvgIpc) is 2.54. The summed E-state index contributed by atoms with van der Waals surface area (Å²) in [5, 5.41) is 0. The van der Waals surface area contributed by atoms with Crippen LogP contribution >= 0.6 is 0 Å². The Kier molecular flexibility index (Phi) is 13.3. The van der Waals surface area contributed by atoms with E-state index >= 15 is 0 Å². The van der Waals surface area contributed by atoms with E-state index < -0.39 is 0 Å². The van der Waals surface area contributed by atoms with E-state index in [-0.39, 0.29) is 58.0 Å². The van der Waals surface area contributed by atoms with Gasteiger partial charge in [-0.15, -0.1) is 0 Å². The van der Waals surface area contributed by atoms with E-state index in [0.29, 0.717) is 6.42 Å². The summed E-state index contributed by atoms with van der Waals surface area (Å²) in [4.78, 5) is 0. The fourth-order valence-electron chi connectivity index (χ4n) is 2.47. The molecule has 0 spiro atoms.